The minimum Gasteiger partial charge on any atom is -0.495 e. The molecule has 4 rings (SSSR count). The lowest BCUT2D eigenvalue weighted by atomic mass is 10.1. The summed E-state index contributed by atoms with van der Waals surface area (Å²) in [6, 6.07) is 7.05. The van der Waals surface area contributed by atoms with E-state index >= 15 is 0 Å². The number of methoxy groups -OCH3 is 1. The van der Waals surface area contributed by atoms with Crippen LogP contribution in [0, 0.1) is 5.82 Å². The molecule has 0 aliphatic carbocycles. The van der Waals surface area contributed by atoms with Gasteiger partial charge < -0.3 is 19.1 Å². The highest BCUT2D eigenvalue weighted by molar-refractivity contribution is 6.34. The molecule has 3 aromatic rings. The van der Waals surface area contributed by atoms with Crippen LogP contribution in [-0.4, -0.2) is 53.1 Å². The van der Waals surface area contributed by atoms with E-state index in [1.165, 1.54) is 30.5 Å². The van der Waals surface area contributed by atoms with Crippen molar-refractivity contribution < 1.29 is 27.1 Å². The third-order valence-electron chi connectivity index (χ3n) is 6.04. The van der Waals surface area contributed by atoms with Crippen molar-refractivity contribution >= 4 is 34.8 Å². The number of nitrogens with zero attached hydrogens (tertiary/aromatic N) is 4. The fourth-order valence-electron chi connectivity index (χ4n) is 4.34. The van der Waals surface area contributed by atoms with E-state index in [-0.39, 0.29) is 41.6 Å². The van der Waals surface area contributed by atoms with E-state index in [0.717, 1.165) is 10.6 Å². The van der Waals surface area contributed by atoms with Gasteiger partial charge in [0.15, 0.2) is 0 Å². The maximum absolute atomic E-state index is 14.6. The number of pyridine rings is 1. The molecule has 1 aliphatic heterocycles. The number of carbonyl (C=O) groups excluding carboxylic acids is 1. The normalized spacial score (nSPS) is 16.4. The van der Waals surface area contributed by atoms with Gasteiger partial charge in [-0.15, -0.1) is 0 Å². The Balaban J connectivity index is 1.55. The molecule has 0 bridgehead atoms. The highest BCUT2D eigenvalue weighted by Crippen LogP contribution is 2.41. The molecule has 1 aromatic carbocycles. The summed E-state index contributed by atoms with van der Waals surface area (Å²) in [5, 5.41) is -0.379. The lowest BCUT2D eigenvalue weighted by Gasteiger charge is -2.41. The first-order chi connectivity index (χ1) is 17.0. The van der Waals surface area contributed by atoms with E-state index < -0.39 is 41.2 Å². The fourth-order valence-corrected chi connectivity index (χ4v) is 4.93. The van der Waals surface area contributed by atoms with Crippen LogP contribution in [0.5, 0.6) is 5.75 Å². The van der Waals surface area contributed by atoms with Crippen LogP contribution >= 0.6 is 23.2 Å². The first-order valence-corrected chi connectivity index (χ1v) is 11.7. The molecular formula is C24H22Cl2F4N4O2. The summed E-state index contributed by atoms with van der Waals surface area (Å²) in [4.78, 5) is 20.4. The number of aromatic nitrogens is 2. The highest BCUT2D eigenvalue weighted by Gasteiger charge is 2.40. The third kappa shape index (κ3) is 5.10. The largest absolute Gasteiger partial charge is 0.495 e. The highest BCUT2D eigenvalue weighted by atomic mass is 35.5. The zero-order chi connectivity index (χ0) is 26.2. The maximum Gasteiger partial charge on any atom is 0.432 e. The molecule has 0 radical (unpaired) electrons. The van der Waals surface area contributed by atoms with E-state index in [1.54, 1.807) is 30.0 Å². The summed E-state index contributed by atoms with van der Waals surface area (Å²) >= 11 is 12.1. The number of rotatable bonds is 5. The number of amides is 1. The van der Waals surface area contributed by atoms with Gasteiger partial charge in [-0.1, -0.05) is 29.3 Å². The van der Waals surface area contributed by atoms with Crippen molar-refractivity contribution in [3.8, 4) is 17.0 Å². The van der Waals surface area contributed by atoms with Gasteiger partial charge in [-0.3, -0.25) is 9.78 Å². The zero-order valence-electron chi connectivity index (χ0n) is 19.3. The smallest absolute Gasteiger partial charge is 0.432 e. The van der Waals surface area contributed by atoms with Crippen molar-refractivity contribution in [1.82, 2.24) is 14.5 Å². The van der Waals surface area contributed by atoms with Gasteiger partial charge in [-0.2, -0.15) is 13.2 Å². The number of hydrogen-bond donors (Lipinski definition) is 0. The van der Waals surface area contributed by atoms with Crippen LogP contribution in [0.1, 0.15) is 12.6 Å². The lowest BCUT2D eigenvalue weighted by Crippen LogP contribution is -2.55. The molecule has 12 heteroatoms. The quantitative estimate of drug-likeness (QED) is 0.383. The fraction of sp³-hybridized carbons (Fsp3) is 0.333. The van der Waals surface area contributed by atoms with E-state index in [0.29, 0.717) is 5.75 Å². The van der Waals surface area contributed by atoms with Gasteiger partial charge in [0.25, 0.3) is 0 Å². The van der Waals surface area contributed by atoms with Crippen molar-refractivity contribution in [3.63, 3.8) is 0 Å². The van der Waals surface area contributed by atoms with Crippen molar-refractivity contribution in [3.05, 3.63) is 64.3 Å². The molecule has 3 heterocycles. The van der Waals surface area contributed by atoms with Crippen LogP contribution in [0.4, 0.5) is 23.2 Å². The molecule has 36 heavy (non-hydrogen) atoms. The van der Waals surface area contributed by atoms with Gasteiger partial charge in [0.1, 0.15) is 23.8 Å². The average Bonchev–Trinajstić information content (AvgIpc) is 3.15. The Labute approximate surface area is 215 Å². The molecule has 0 unspecified atom stereocenters. The van der Waals surface area contributed by atoms with Crippen molar-refractivity contribution in [2.45, 2.75) is 25.7 Å². The number of benzene rings is 1. The topological polar surface area (TPSA) is 50.6 Å². The number of anilines is 1. The molecule has 0 spiro atoms. The van der Waals surface area contributed by atoms with Crippen LogP contribution in [0.25, 0.3) is 11.3 Å². The molecule has 0 saturated carbocycles. The summed E-state index contributed by atoms with van der Waals surface area (Å²) in [6.45, 7) is 1.92. The molecule has 1 amide bonds. The van der Waals surface area contributed by atoms with Gasteiger partial charge in [-0.05, 0) is 25.1 Å². The zero-order valence-corrected chi connectivity index (χ0v) is 20.8. The first kappa shape index (κ1) is 26.1. The van der Waals surface area contributed by atoms with Gasteiger partial charge in [0, 0.05) is 49.7 Å². The summed E-state index contributed by atoms with van der Waals surface area (Å²) in [5.41, 5.74) is -0.490. The maximum atomic E-state index is 14.6. The summed E-state index contributed by atoms with van der Waals surface area (Å²) in [6.07, 6.45) is -2.14. The minimum atomic E-state index is -4.78. The second-order valence-electron chi connectivity index (χ2n) is 8.37. The Hall–Kier alpha value is -2.98. The van der Waals surface area contributed by atoms with Crippen LogP contribution < -0.4 is 9.64 Å². The summed E-state index contributed by atoms with van der Waals surface area (Å²) in [5.74, 6) is -0.736. The standard InChI is InChI=1S/C24H22Cl2F4N4O2/c1-14-11-32(19-10-20(36-2)16(25)9-17(19)27)7-8-34(14)21(35)13-33-12-15(18-5-3-4-6-31-18)22(26)23(33)24(28,29)30/h3-6,9-10,12,14H,7-8,11,13H2,1-2H3/t14-/m0/s1. The number of halogens is 6. The lowest BCUT2D eigenvalue weighted by molar-refractivity contribution is -0.145. The predicted octanol–water partition coefficient (Wildman–Crippen LogP) is 5.76. The third-order valence-corrected chi connectivity index (χ3v) is 6.72. The number of alkyl halides is 3. The Morgan fingerprint density at radius 1 is 1.22 bits per heavy atom. The monoisotopic (exact) mass is 544 g/mol. The van der Waals surface area contributed by atoms with Gasteiger partial charge in [0.05, 0.1) is 28.5 Å². The van der Waals surface area contributed by atoms with Crippen LogP contribution in [-0.2, 0) is 17.5 Å². The molecule has 192 valence electrons. The molecule has 1 aliphatic rings. The molecule has 6 nitrogen and oxygen atoms in total. The van der Waals surface area contributed by atoms with Crippen LogP contribution in [0.3, 0.4) is 0 Å². The molecule has 1 saturated heterocycles. The van der Waals surface area contributed by atoms with Crippen molar-refractivity contribution in [2.24, 2.45) is 0 Å². The molecule has 1 atom stereocenters. The van der Waals surface area contributed by atoms with Crippen LogP contribution in [0.15, 0.2) is 42.7 Å². The minimum absolute atomic E-state index is 0.0856. The summed E-state index contributed by atoms with van der Waals surface area (Å²) < 4.78 is 62.1. The molecule has 2 aromatic heterocycles. The first-order valence-electron chi connectivity index (χ1n) is 11.0. The molecular weight excluding hydrogens is 523 g/mol. The predicted molar refractivity (Wildman–Crippen MR) is 129 cm³/mol. The second-order valence-corrected chi connectivity index (χ2v) is 9.15. The van der Waals surface area contributed by atoms with Crippen molar-refractivity contribution in [2.75, 3.05) is 31.6 Å². The average molecular weight is 545 g/mol. The van der Waals surface area contributed by atoms with Crippen LogP contribution in [0.2, 0.25) is 10.0 Å². The van der Waals surface area contributed by atoms with Gasteiger partial charge in [-0.25, -0.2) is 4.39 Å². The Bertz CT molecular complexity index is 1270. The van der Waals surface area contributed by atoms with E-state index in [4.69, 9.17) is 27.9 Å². The Morgan fingerprint density at radius 3 is 2.58 bits per heavy atom. The Kier molecular flexibility index (Phi) is 7.38. The molecule has 1 fully saturated rings. The van der Waals surface area contributed by atoms with E-state index in [2.05, 4.69) is 4.98 Å². The van der Waals surface area contributed by atoms with Gasteiger partial charge >= 0.3 is 6.18 Å². The number of piperazine rings is 1. The SMILES string of the molecule is COc1cc(N2CCN(C(=O)Cn3cc(-c4ccccn4)c(Cl)c3C(F)(F)F)[C@@H](C)C2)c(F)cc1Cl. The van der Waals surface area contributed by atoms with Crippen molar-refractivity contribution in [1.29, 1.82) is 0 Å². The van der Waals surface area contributed by atoms with Gasteiger partial charge in [0.2, 0.25) is 5.91 Å². The van der Waals surface area contributed by atoms with E-state index in [1.807, 2.05) is 0 Å². The second kappa shape index (κ2) is 10.2. The summed E-state index contributed by atoms with van der Waals surface area (Å²) in [7, 11) is 1.42. The van der Waals surface area contributed by atoms with E-state index in [9.17, 15) is 22.4 Å². The Morgan fingerprint density at radius 2 is 1.97 bits per heavy atom. The molecule has 0 N–H and O–H groups in total. The number of ether oxygens (including phenoxy) is 1. The number of hydrogen-bond acceptors (Lipinski definition) is 4. The number of carbonyl (C=O) groups is 1.